The number of anilines is 1. The van der Waals surface area contributed by atoms with Crippen LogP contribution >= 0.6 is 34.7 Å². The van der Waals surface area contributed by atoms with E-state index in [1.807, 2.05) is 19.1 Å². The smallest absolute Gasteiger partial charge is 0.127 e. The number of nitrogens with zero attached hydrogens (tertiary/aromatic N) is 2. The minimum absolute atomic E-state index is 0.618. The molecule has 1 aromatic carbocycles. The van der Waals surface area contributed by atoms with Gasteiger partial charge in [0, 0.05) is 16.6 Å². The van der Waals surface area contributed by atoms with E-state index in [9.17, 15) is 0 Å². The highest BCUT2D eigenvalue weighted by Gasteiger charge is 2.09. The molecule has 0 unspecified atom stereocenters. The molecule has 0 saturated carbocycles. The van der Waals surface area contributed by atoms with E-state index < -0.39 is 0 Å². The Balaban J connectivity index is 1.98. The summed E-state index contributed by atoms with van der Waals surface area (Å²) in [5, 5.41) is 14.3. The van der Waals surface area contributed by atoms with Crippen LogP contribution in [0.2, 0.25) is 10.0 Å². The minimum Gasteiger partial charge on any atom is -0.374 e. The molecular weight excluding hydrogens is 301 g/mol. The van der Waals surface area contributed by atoms with E-state index in [4.69, 9.17) is 28.5 Å². The lowest BCUT2D eigenvalue weighted by molar-refractivity contribution is 1.02. The number of halogens is 2. The molecule has 0 saturated heterocycles. The number of nitrogens with one attached hydrogen (secondary N) is 1. The van der Waals surface area contributed by atoms with Gasteiger partial charge in [-0.25, -0.2) is 0 Å². The third-order valence-electron chi connectivity index (χ3n) is 2.67. The number of benzene rings is 1. The number of hydrogen-bond donors (Lipinski definition) is 1. The van der Waals surface area contributed by atoms with Gasteiger partial charge in [0.15, 0.2) is 0 Å². The molecule has 0 radical (unpaired) electrons. The molecule has 0 amide bonds. The van der Waals surface area contributed by atoms with E-state index in [0.717, 1.165) is 22.7 Å². The van der Waals surface area contributed by atoms with Gasteiger partial charge in [-0.1, -0.05) is 29.3 Å². The first-order valence-electron chi connectivity index (χ1n) is 5.66. The third-order valence-corrected chi connectivity index (χ3v) is 4.15. The molecule has 0 spiro atoms. The van der Waals surface area contributed by atoms with Crippen LogP contribution in [-0.4, -0.2) is 10.9 Å². The van der Waals surface area contributed by atoms with Crippen LogP contribution in [-0.2, 0) is 6.42 Å². The van der Waals surface area contributed by atoms with Crippen molar-refractivity contribution in [1.29, 1.82) is 5.26 Å². The molecule has 1 aromatic heterocycles. The zero-order chi connectivity index (χ0) is 13.8. The van der Waals surface area contributed by atoms with Crippen molar-refractivity contribution in [2.75, 3.05) is 11.9 Å². The van der Waals surface area contributed by atoms with E-state index in [1.165, 1.54) is 11.5 Å². The zero-order valence-corrected chi connectivity index (χ0v) is 12.5. The van der Waals surface area contributed by atoms with Crippen LogP contribution in [0.1, 0.15) is 16.8 Å². The highest BCUT2D eigenvalue weighted by molar-refractivity contribution is 7.10. The van der Waals surface area contributed by atoms with Crippen LogP contribution in [0, 0.1) is 18.3 Å². The van der Waals surface area contributed by atoms with Gasteiger partial charge in [0.1, 0.15) is 16.6 Å². The molecule has 98 valence electrons. The highest BCUT2D eigenvalue weighted by Crippen LogP contribution is 2.24. The van der Waals surface area contributed by atoms with Gasteiger partial charge >= 0.3 is 0 Å². The Morgan fingerprint density at radius 1 is 1.42 bits per heavy atom. The normalized spacial score (nSPS) is 10.2. The van der Waals surface area contributed by atoms with Crippen LogP contribution in [0.5, 0.6) is 0 Å². The molecule has 2 aromatic rings. The molecule has 0 bridgehead atoms. The molecule has 2 rings (SSSR count). The maximum atomic E-state index is 9.02. The number of hydrogen-bond acceptors (Lipinski definition) is 4. The predicted molar refractivity (Wildman–Crippen MR) is 80.2 cm³/mol. The van der Waals surface area contributed by atoms with Gasteiger partial charge < -0.3 is 5.32 Å². The second-order valence-electron chi connectivity index (χ2n) is 4.00. The summed E-state index contributed by atoms with van der Waals surface area (Å²) in [5.74, 6) is 0. The van der Waals surface area contributed by atoms with Gasteiger partial charge in [-0.2, -0.15) is 9.64 Å². The van der Waals surface area contributed by atoms with Crippen molar-refractivity contribution in [3.8, 4) is 6.07 Å². The topological polar surface area (TPSA) is 48.7 Å². The maximum absolute atomic E-state index is 9.02. The van der Waals surface area contributed by atoms with Crippen molar-refractivity contribution in [3.63, 3.8) is 0 Å². The molecular formula is C13H11Cl2N3S. The fourth-order valence-electron chi connectivity index (χ4n) is 1.66. The summed E-state index contributed by atoms with van der Waals surface area (Å²) in [6.45, 7) is 2.52. The van der Waals surface area contributed by atoms with Crippen molar-refractivity contribution in [2.45, 2.75) is 13.3 Å². The van der Waals surface area contributed by atoms with Crippen molar-refractivity contribution in [3.05, 3.63) is 45.1 Å². The summed E-state index contributed by atoms with van der Waals surface area (Å²) in [4.78, 5) is 0. The Hall–Kier alpha value is -1.28. The van der Waals surface area contributed by atoms with Crippen LogP contribution < -0.4 is 5.32 Å². The fourth-order valence-corrected chi connectivity index (χ4v) is 2.93. The summed E-state index contributed by atoms with van der Waals surface area (Å²) >= 11 is 13.3. The lowest BCUT2D eigenvalue weighted by atomic mass is 10.1. The Morgan fingerprint density at radius 3 is 2.89 bits per heavy atom. The average Bonchev–Trinajstić information content (AvgIpc) is 2.72. The predicted octanol–water partition coefficient (Wildman–Crippen LogP) is 4.28. The Bertz CT molecular complexity index is 631. The molecule has 0 aliphatic carbocycles. The molecule has 0 aliphatic heterocycles. The first-order valence-corrected chi connectivity index (χ1v) is 7.19. The molecule has 6 heteroatoms. The monoisotopic (exact) mass is 311 g/mol. The van der Waals surface area contributed by atoms with Crippen molar-refractivity contribution in [2.24, 2.45) is 0 Å². The molecule has 1 heterocycles. The number of aromatic nitrogens is 1. The molecule has 3 nitrogen and oxygen atoms in total. The summed E-state index contributed by atoms with van der Waals surface area (Å²) in [6, 6.07) is 7.62. The molecule has 0 atom stereocenters. The molecule has 1 N–H and O–H groups in total. The van der Waals surface area contributed by atoms with Crippen LogP contribution in [0.25, 0.3) is 0 Å². The zero-order valence-electron chi connectivity index (χ0n) is 10.2. The average molecular weight is 312 g/mol. The second kappa shape index (κ2) is 6.25. The van der Waals surface area contributed by atoms with Gasteiger partial charge in [-0.05, 0) is 42.6 Å². The van der Waals surface area contributed by atoms with E-state index in [1.54, 1.807) is 6.07 Å². The first-order chi connectivity index (χ1) is 9.11. The van der Waals surface area contributed by atoms with Gasteiger partial charge in [0.05, 0.1) is 5.69 Å². The van der Waals surface area contributed by atoms with Gasteiger partial charge in [-0.15, -0.1) is 0 Å². The van der Waals surface area contributed by atoms with Crippen molar-refractivity contribution < 1.29 is 0 Å². The lowest BCUT2D eigenvalue weighted by Crippen LogP contribution is -2.05. The van der Waals surface area contributed by atoms with E-state index in [-0.39, 0.29) is 0 Å². The SMILES string of the molecule is Cc1nsc(NCCc2ccc(Cl)cc2Cl)c1C#N. The summed E-state index contributed by atoms with van der Waals surface area (Å²) < 4.78 is 4.16. The third kappa shape index (κ3) is 3.38. The number of nitriles is 1. The van der Waals surface area contributed by atoms with E-state index in [2.05, 4.69) is 15.8 Å². The van der Waals surface area contributed by atoms with E-state index in [0.29, 0.717) is 22.2 Å². The minimum atomic E-state index is 0.618. The number of rotatable bonds is 4. The van der Waals surface area contributed by atoms with Crippen LogP contribution in [0.3, 0.4) is 0 Å². The Kier molecular flexibility index (Phi) is 4.65. The Morgan fingerprint density at radius 2 is 2.21 bits per heavy atom. The van der Waals surface area contributed by atoms with Gasteiger partial charge in [-0.3, -0.25) is 0 Å². The van der Waals surface area contributed by atoms with Crippen LogP contribution in [0.4, 0.5) is 5.00 Å². The molecule has 0 fully saturated rings. The second-order valence-corrected chi connectivity index (χ2v) is 5.61. The summed E-state index contributed by atoms with van der Waals surface area (Å²) in [7, 11) is 0. The van der Waals surface area contributed by atoms with Crippen molar-refractivity contribution >= 4 is 39.7 Å². The van der Waals surface area contributed by atoms with Gasteiger partial charge in [0.2, 0.25) is 0 Å². The first kappa shape index (κ1) is 14.1. The fraction of sp³-hybridized carbons (Fsp3) is 0.231. The maximum Gasteiger partial charge on any atom is 0.127 e. The summed E-state index contributed by atoms with van der Waals surface area (Å²) in [6.07, 6.45) is 0.762. The van der Waals surface area contributed by atoms with Crippen molar-refractivity contribution in [1.82, 2.24) is 4.37 Å². The highest BCUT2D eigenvalue weighted by atomic mass is 35.5. The Labute approximate surface area is 125 Å². The quantitative estimate of drug-likeness (QED) is 0.916. The number of aryl methyl sites for hydroxylation is 1. The largest absolute Gasteiger partial charge is 0.374 e. The van der Waals surface area contributed by atoms with Gasteiger partial charge in [0.25, 0.3) is 0 Å². The van der Waals surface area contributed by atoms with E-state index >= 15 is 0 Å². The molecule has 19 heavy (non-hydrogen) atoms. The van der Waals surface area contributed by atoms with Crippen LogP contribution in [0.15, 0.2) is 18.2 Å². The molecule has 0 aliphatic rings. The summed E-state index contributed by atoms with van der Waals surface area (Å²) in [5.41, 5.74) is 2.41. The standard InChI is InChI=1S/C13H11Cl2N3S/c1-8-11(7-16)13(19-18-8)17-5-4-9-2-3-10(14)6-12(9)15/h2-3,6,17H,4-5H2,1H3. The lowest BCUT2D eigenvalue weighted by Gasteiger charge is -2.06.